The second-order valence-corrected chi connectivity index (χ2v) is 5.14. The lowest BCUT2D eigenvalue weighted by molar-refractivity contribution is -0.134. The van der Waals surface area contributed by atoms with Gasteiger partial charge in [0.2, 0.25) is 0 Å². The minimum atomic E-state index is -0.941. The molecule has 0 unspecified atom stereocenters. The Balaban J connectivity index is 2.65. The smallest absolute Gasteiger partial charge is 0.263 e. The molecule has 1 aromatic carbocycles. The van der Waals surface area contributed by atoms with Crippen molar-refractivity contribution in [2.24, 2.45) is 0 Å². The molecule has 0 bridgehead atoms. The summed E-state index contributed by atoms with van der Waals surface area (Å²) in [6.07, 6.45) is 0. The number of nitrogens with one attached hydrogen (secondary N) is 1. The second-order valence-electron chi connectivity index (χ2n) is 4.71. The summed E-state index contributed by atoms with van der Waals surface area (Å²) in [6.45, 7) is 9.47. The summed E-state index contributed by atoms with van der Waals surface area (Å²) in [5.41, 5.74) is -0.0471. The van der Waals surface area contributed by atoms with Crippen LogP contribution in [-0.4, -0.2) is 18.1 Å². The number of carbonyl (C=O) groups is 1. The zero-order valence-corrected chi connectivity index (χ0v) is 11.7. The highest BCUT2D eigenvalue weighted by molar-refractivity contribution is 6.30. The first-order valence-corrected chi connectivity index (χ1v) is 6.06. The molecule has 0 saturated heterocycles. The molecule has 98 valence electrons. The number of hydrogen-bond acceptors (Lipinski definition) is 2. The Morgan fingerprint density at radius 1 is 1.39 bits per heavy atom. The van der Waals surface area contributed by atoms with Crippen molar-refractivity contribution in [1.29, 1.82) is 0 Å². The van der Waals surface area contributed by atoms with Gasteiger partial charge in [-0.05, 0) is 45.0 Å². The molecular formula is C14H18ClNO2. The minimum absolute atomic E-state index is 0.180. The molecule has 18 heavy (non-hydrogen) atoms. The topological polar surface area (TPSA) is 38.3 Å². The number of hydrogen-bond donors (Lipinski definition) is 1. The normalized spacial score (nSPS) is 10.9. The first-order chi connectivity index (χ1) is 8.31. The number of amides is 1. The summed E-state index contributed by atoms with van der Waals surface area (Å²) in [5, 5.41) is 3.40. The molecule has 0 spiro atoms. The van der Waals surface area contributed by atoms with Crippen LogP contribution in [0.15, 0.2) is 36.4 Å². The van der Waals surface area contributed by atoms with Gasteiger partial charge in [-0.1, -0.05) is 23.8 Å². The average molecular weight is 268 g/mol. The summed E-state index contributed by atoms with van der Waals surface area (Å²) < 4.78 is 5.65. The predicted octanol–water partition coefficient (Wildman–Crippen LogP) is 3.19. The molecule has 3 nitrogen and oxygen atoms in total. The summed E-state index contributed by atoms with van der Waals surface area (Å²) in [6, 6.07) is 6.91. The second kappa shape index (κ2) is 5.91. The van der Waals surface area contributed by atoms with Gasteiger partial charge in [0.05, 0.1) is 0 Å². The molecule has 0 heterocycles. The lowest BCUT2D eigenvalue weighted by Crippen LogP contribution is -2.46. The largest absolute Gasteiger partial charge is 0.478 e. The third-order valence-electron chi connectivity index (χ3n) is 2.28. The van der Waals surface area contributed by atoms with Crippen LogP contribution in [0.3, 0.4) is 0 Å². The van der Waals surface area contributed by atoms with Gasteiger partial charge >= 0.3 is 0 Å². The average Bonchev–Trinajstić information content (AvgIpc) is 2.28. The minimum Gasteiger partial charge on any atom is -0.478 e. The molecule has 1 aromatic rings. The molecule has 0 fully saturated rings. The van der Waals surface area contributed by atoms with E-state index in [4.69, 9.17) is 16.3 Å². The van der Waals surface area contributed by atoms with E-state index in [0.717, 1.165) is 5.57 Å². The van der Waals surface area contributed by atoms with Gasteiger partial charge in [0.25, 0.3) is 5.91 Å². The molecule has 0 aliphatic rings. The molecule has 0 aromatic heterocycles. The van der Waals surface area contributed by atoms with Crippen molar-refractivity contribution in [3.63, 3.8) is 0 Å². The highest BCUT2D eigenvalue weighted by Crippen LogP contribution is 2.20. The molecule has 1 amide bonds. The molecule has 0 aliphatic heterocycles. The van der Waals surface area contributed by atoms with Gasteiger partial charge in [-0.2, -0.15) is 0 Å². The predicted molar refractivity (Wildman–Crippen MR) is 74.0 cm³/mol. The van der Waals surface area contributed by atoms with Gasteiger partial charge in [0.1, 0.15) is 5.75 Å². The number of ether oxygens (including phenoxy) is 1. The first kappa shape index (κ1) is 14.6. The van der Waals surface area contributed by atoms with E-state index in [1.807, 2.05) is 6.92 Å². The maximum atomic E-state index is 11.9. The fourth-order valence-electron chi connectivity index (χ4n) is 1.29. The standard InChI is InChI=1S/C14H18ClNO2/c1-10(2)9-16-13(17)14(3,4)18-12-7-5-11(15)6-8-12/h5-8H,1,9H2,2-4H3,(H,16,17). The van der Waals surface area contributed by atoms with Gasteiger partial charge in [-0.15, -0.1) is 0 Å². The van der Waals surface area contributed by atoms with E-state index in [0.29, 0.717) is 17.3 Å². The molecule has 0 saturated carbocycles. The van der Waals surface area contributed by atoms with Crippen LogP contribution >= 0.6 is 11.6 Å². The van der Waals surface area contributed by atoms with Gasteiger partial charge in [0.15, 0.2) is 5.60 Å². The third kappa shape index (κ3) is 4.41. The van der Waals surface area contributed by atoms with Gasteiger partial charge in [0, 0.05) is 11.6 Å². The van der Waals surface area contributed by atoms with E-state index in [1.54, 1.807) is 38.1 Å². The molecular weight excluding hydrogens is 250 g/mol. The Morgan fingerprint density at radius 2 is 1.94 bits per heavy atom. The van der Waals surface area contributed by atoms with Crippen LogP contribution < -0.4 is 10.1 Å². The molecule has 1 rings (SSSR count). The van der Waals surface area contributed by atoms with Gasteiger partial charge in [-0.25, -0.2) is 0 Å². The summed E-state index contributed by atoms with van der Waals surface area (Å²) >= 11 is 5.79. The highest BCUT2D eigenvalue weighted by atomic mass is 35.5. The Hall–Kier alpha value is -1.48. The van der Waals surface area contributed by atoms with Crippen LogP contribution in [0.4, 0.5) is 0 Å². The Labute approximate surface area is 113 Å². The maximum absolute atomic E-state index is 11.9. The van der Waals surface area contributed by atoms with E-state index in [-0.39, 0.29) is 5.91 Å². The van der Waals surface area contributed by atoms with Crippen molar-refractivity contribution < 1.29 is 9.53 Å². The molecule has 4 heteroatoms. The first-order valence-electron chi connectivity index (χ1n) is 5.68. The Bertz CT molecular complexity index is 438. The van der Waals surface area contributed by atoms with Crippen LogP contribution in [0.25, 0.3) is 0 Å². The van der Waals surface area contributed by atoms with Crippen molar-refractivity contribution in [1.82, 2.24) is 5.32 Å². The lowest BCUT2D eigenvalue weighted by Gasteiger charge is -2.25. The molecule has 1 N–H and O–H groups in total. The van der Waals surface area contributed by atoms with Crippen molar-refractivity contribution in [2.45, 2.75) is 26.4 Å². The van der Waals surface area contributed by atoms with E-state index in [9.17, 15) is 4.79 Å². The third-order valence-corrected chi connectivity index (χ3v) is 2.54. The zero-order chi connectivity index (χ0) is 13.8. The van der Waals surface area contributed by atoms with Crippen LogP contribution in [0, 0.1) is 0 Å². The van der Waals surface area contributed by atoms with Crippen molar-refractivity contribution in [3.05, 3.63) is 41.4 Å². The number of halogens is 1. The van der Waals surface area contributed by atoms with Gasteiger partial charge in [-0.3, -0.25) is 4.79 Å². The summed E-state index contributed by atoms with van der Waals surface area (Å²) in [7, 11) is 0. The fraction of sp³-hybridized carbons (Fsp3) is 0.357. The highest BCUT2D eigenvalue weighted by Gasteiger charge is 2.29. The Morgan fingerprint density at radius 3 is 2.44 bits per heavy atom. The van der Waals surface area contributed by atoms with Crippen LogP contribution in [0.2, 0.25) is 5.02 Å². The van der Waals surface area contributed by atoms with E-state index >= 15 is 0 Å². The maximum Gasteiger partial charge on any atom is 0.263 e. The Kier molecular flexibility index (Phi) is 4.79. The van der Waals surface area contributed by atoms with Crippen LogP contribution in [-0.2, 0) is 4.79 Å². The monoisotopic (exact) mass is 267 g/mol. The SMILES string of the molecule is C=C(C)CNC(=O)C(C)(C)Oc1ccc(Cl)cc1. The summed E-state index contributed by atoms with van der Waals surface area (Å²) in [4.78, 5) is 11.9. The van der Waals surface area contributed by atoms with Crippen molar-refractivity contribution >= 4 is 17.5 Å². The fourth-order valence-corrected chi connectivity index (χ4v) is 1.41. The summed E-state index contributed by atoms with van der Waals surface area (Å²) in [5.74, 6) is 0.426. The number of benzene rings is 1. The van der Waals surface area contributed by atoms with Gasteiger partial charge < -0.3 is 10.1 Å². The van der Waals surface area contributed by atoms with E-state index in [1.165, 1.54) is 0 Å². The lowest BCUT2D eigenvalue weighted by atomic mass is 10.1. The van der Waals surface area contributed by atoms with Crippen molar-refractivity contribution in [3.8, 4) is 5.75 Å². The van der Waals surface area contributed by atoms with Crippen LogP contribution in [0.1, 0.15) is 20.8 Å². The van der Waals surface area contributed by atoms with Crippen LogP contribution in [0.5, 0.6) is 5.75 Å². The van der Waals surface area contributed by atoms with E-state index < -0.39 is 5.60 Å². The zero-order valence-electron chi connectivity index (χ0n) is 10.9. The number of rotatable bonds is 5. The quantitative estimate of drug-likeness (QED) is 0.832. The molecule has 0 atom stereocenters. The molecule has 0 aliphatic carbocycles. The number of carbonyl (C=O) groups excluding carboxylic acids is 1. The molecule has 0 radical (unpaired) electrons. The van der Waals surface area contributed by atoms with Crippen molar-refractivity contribution in [2.75, 3.05) is 6.54 Å². The van der Waals surface area contributed by atoms with E-state index in [2.05, 4.69) is 11.9 Å².